The standard InChI is InChI=1S/C10H21NO/c1-9(2)5-4-6-12-8-10(3)7-11/h9H,3-8,11H2,1-2H3. The molecule has 0 saturated heterocycles. The summed E-state index contributed by atoms with van der Waals surface area (Å²) in [6.07, 6.45) is 2.37. The predicted octanol–water partition coefficient (Wildman–Crippen LogP) is 1.95. The average Bonchev–Trinajstić information content (AvgIpc) is 2.03. The van der Waals surface area contributed by atoms with Crippen molar-refractivity contribution in [2.24, 2.45) is 11.7 Å². The van der Waals surface area contributed by atoms with E-state index in [4.69, 9.17) is 10.5 Å². The van der Waals surface area contributed by atoms with Crippen molar-refractivity contribution in [1.29, 1.82) is 0 Å². The van der Waals surface area contributed by atoms with Crippen LogP contribution in [0.1, 0.15) is 26.7 Å². The fraction of sp³-hybridized carbons (Fsp3) is 0.800. The molecule has 0 bridgehead atoms. The summed E-state index contributed by atoms with van der Waals surface area (Å²) < 4.78 is 5.36. The minimum absolute atomic E-state index is 0.532. The van der Waals surface area contributed by atoms with Gasteiger partial charge in [0.15, 0.2) is 0 Å². The molecule has 0 aromatic heterocycles. The second-order valence-corrected chi connectivity index (χ2v) is 3.54. The molecule has 12 heavy (non-hydrogen) atoms. The van der Waals surface area contributed by atoms with Crippen LogP contribution in [0.5, 0.6) is 0 Å². The highest BCUT2D eigenvalue weighted by Crippen LogP contribution is 2.03. The van der Waals surface area contributed by atoms with Crippen molar-refractivity contribution < 1.29 is 4.74 Å². The van der Waals surface area contributed by atoms with Gasteiger partial charge in [-0.05, 0) is 24.3 Å². The van der Waals surface area contributed by atoms with E-state index in [1.165, 1.54) is 6.42 Å². The van der Waals surface area contributed by atoms with Gasteiger partial charge >= 0.3 is 0 Å². The maximum absolute atomic E-state index is 5.36. The smallest absolute Gasteiger partial charge is 0.0686 e. The Labute approximate surface area is 75.8 Å². The van der Waals surface area contributed by atoms with E-state index in [-0.39, 0.29) is 0 Å². The molecule has 2 N–H and O–H groups in total. The van der Waals surface area contributed by atoms with Gasteiger partial charge in [0.05, 0.1) is 6.61 Å². The number of hydrogen-bond donors (Lipinski definition) is 1. The molecule has 0 spiro atoms. The molecule has 0 aliphatic rings. The predicted molar refractivity (Wildman–Crippen MR) is 53.1 cm³/mol. The second-order valence-electron chi connectivity index (χ2n) is 3.54. The van der Waals surface area contributed by atoms with Gasteiger partial charge in [-0.1, -0.05) is 20.4 Å². The normalized spacial score (nSPS) is 10.7. The molecule has 72 valence electrons. The van der Waals surface area contributed by atoms with Gasteiger partial charge in [-0.3, -0.25) is 0 Å². The van der Waals surface area contributed by atoms with Crippen molar-refractivity contribution in [3.05, 3.63) is 12.2 Å². The van der Waals surface area contributed by atoms with E-state index in [0.717, 1.165) is 24.5 Å². The number of rotatable bonds is 7. The monoisotopic (exact) mass is 171 g/mol. The molecule has 0 aromatic carbocycles. The summed E-state index contributed by atoms with van der Waals surface area (Å²) in [5.41, 5.74) is 6.33. The zero-order chi connectivity index (χ0) is 9.40. The highest BCUT2D eigenvalue weighted by molar-refractivity contribution is 4.95. The summed E-state index contributed by atoms with van der Waals surface area (Å²) in [6, 6.07) is 0. The zero-order valence-electron chi connectivity index (χ0n) is 8.31. The minimum Gasteiger partial charge on any atom is -0.377 e. The molecule has 0 aliphatic carbocycles. The lowest BCUT2D eigenvalue weighted by Crippen LogP contribution is -2.08. The summed E-state index contributed by atoms with van der Waals surface area (Å²) in [6.45, 7) is 10.2. The van der Waals surface area contributed by atoms with Crippen LogP contribution in [0, 0.1) is 5.92 Å². The summed E-state index contributed by atoms with van der Waals surface area (Å²) in [7, 11) is 0. The Morgan fingerprint density at radius 1 is 1.50 bits per heavy atom. The van der Waals surface area contributed by atoms with Crippen molar-refractivity contribution in [3.8, 4) is 0 Å². The number of ether oxygens (including phenoxy) is 1. The highest BCUT2D eigenvalue weighted by atomic mass is 16.5. The summed E-state index contributed by atoms with van der Waals surface area (Å²) >= 11 is 0. The van der Waals surface area contributed by atoms with E-state index >= 15 is 0 Å². The molecule has 0 aliphatic heterocycles. The Morgan fingerprint density at radius 2 is 2.17 bits per heavy atom. The lowest BCUT2D eigenvalue weighted by Gasteiger charge is -2.06. The molecule has 0 fully saturated rings. The third kappa shape index (κ3) is 7.76. The molecule has 0 saturated carbocycles. The van der Waals surface area contributed by atoms with Gasteiger partial charge in [0.1, 0.15) is 0 Å². The van der Waals surface area contributed by atoms with Gasteiger partial charge in [0.25, 0.3) is 0 Å². The van der Waals surface area contributed by atoms with Crippen molar-refractivity contribution in [1.82, 2.24) is 0 Å². The number of hydrogen-bond acceptors (Lipinski definition) is 2. The first-order valence-electron chi connectivity index (χ1n) is 4.61. The molecular weight excluding hydrogens is 150 g/mol. The van der Waals surface area contributed by atoms with Crippen LogP contribution in [0.3, 0.4) is 0 Å². The van der Waals surface area contributed by atoms with Crippen molar-refractivity contribution in [3.63, 3.8) is 0 Å². The van der Waals surface area contributed by atoms with E-state index in [2.05, 4.69) is 20.4 Å². The minimum atomic E-state index is 0.532. The highest BCUT2D eigenvalue weighted by Gasteiger charge is 1.94. The van der Waals surface area contributed by atoms with Gasteiger partial charge < -0.3 is 10.5 Å². The van der Waals surface area contributed by atoms with Crippen molar-refractivity contribution in [2.45, 2.75) is 26.7 Å². The fourth-order valence-electron chi connectivity index (χ4n) is 0.869. The molecule has 0 aromatic rings. The Bertz CT molecular complexity index is 121. The van der Waals surface area contributed by atoms with E-state index in [9.17, 15) is 0 Å². The van der Waals surface area contributed by atoms with Crippen LogP contribution < -0.4 is 5.73 Å². The molecule has 0 heterocycles. The first kappa shape index (κ1) is 11.7. The quantitative estimate of drug-likeness (QED) is 0.469. The molecule has 2 nitrogen and oxygen atoms in total. The topological polar surface area (TPSA) is 35.2 Å². The Balaban J connectivity index is 3.05. The maximum atomic E-state index is 5.36. The van der Waals surface area contributed by atoms with Crippen LogP contribution in [-0.4, -0.2) is 19.8 Å². The molecule has 0 amide bonds. The van der Waals surface area contributed by atoms with Crippen LogP contribution >= 0.6 is 0 Å². The zero-order valence-corrected chi connectivity index (χ0v) is 8.31. The van der Waals surface area contributed by atoms with E-state index in [1.807, 2.05) is 0 Å². The van der Waals surface area contributed by atoms with Crippen LogP contribution in [0.4, 0.5) is 0 Å². The molecule has 0 radical (unpaired) electrons. The first-order chi connectivity index (χ1) is 5.66. The third-order valence-corrected chi connectivity index (χ3v) is 1.67. The van der Waals surface area contributed by atoms with E-state index < -0.39 is 0 Å². The first-order valence-corrected chi connectivity index (χ1v) is 4.61. The lowest BCUT2D eigenvalue weighted by molar-refractivity contribution is 0.148. The van der Waals surface area contributed by atoms with Crippen LogP contribution in [0.15, 0.2) is 12.2 Å². The average molecular weight is 171 g/mol. The lowest BCUT2D eigenvalue weighted by atomic mass is 10.1. The number of nitrogens with two attached hydrogens (primary N) is 1. The van der Waals surface area contributed by atoms with E-state index in [0.29, 0.717) is 13.2 Å². The van der Waals surface area contributed by atoms with Crippen LogP contribution in [0.25, 0.3) is 0 Å². The van der Waals surface area contributed by atoms with Gasteiger partial charge in [0.2, 0.25) is 0 Å². The fourth-order valence-corrected chi connectivity index (χ4v) is 0.869. The van der Waals surface area contributed by atoms with Crippen molar-refractivity contribution >= 4 is 0 Å². The van der Waals surface area contributed by atoms with Crippen molar-refractivity contribution in [2.75, 3.05) is 19.8 Å². The Hall–Kier alpha value is -0.340. The molecule has 0 atom stereocenters. The summed E-state index contributed by atoms with van der Waals surface area (Å²) in [4.78, 5) is 0. The SMILES string of the molecule is C=C(CN)COCCCC(C)C. The summed E-state index contributed by atoms with van der Waals surface area (Å²) in [5.74, 6) is 0.770. The van der Waals surface area contributed by atoms with Gasteiger partial charge in [-0.2, -0.15) is 0 Å². The van der Waals surface area contributed by atoms with Crippen LogP contribution in [-0.2, 0) is 4.74 Å². The van der Waals surface area contributed by atoms with E-state index in [1.54, 1.807) is 0 Å². The van der Waals surface area contributed by atoms with Gasteiger partial charge in [-0.25, -0.2) is 0 Å². The largest absolute Gasteiger partial charge is 0.377 e. The molecular formula is C10H21NO. The maximum Gasteiger partial charge on any atom is 0.0686 e. The molecule has 0 unspecified atom stereocenters. The molecule has 2 heteroatoms. The van der Waals surface area contributed by atoms with Gasteiger partial charge in [-0.15, -0.1) is 0 Å². The van der Waals surface area contributed by atoms with Crippen LogP contribution in [0.2, 0.25) is 0 Å². The molecule has 0 rings (SSSR count). The Kier molecular flexibility index (Phi) is 7.11. The Morgan fingerprint density at radius 3 is 2.67 bits per heavy atom. The third-order valence-electron chi connectivity index (χ3n) is 1.67. The summed E-state index contributed by atoms with van der Waals surface area (Å²) in [5, 5.41) is 0. The second kappa shape index (κ2) is 7.32. The van der Waals surface area contributed by atoms with Gasteiger partial charge in [0, 0.05) is 13.2 Å².